The third kappa shape index (κ3) is 4.28. The van der Waals surface area contributed by atoms with Gasteiger partial charge in [0.25, 0.3) is 0 Å². The Balaban J connectivity index is 1.46. The van der Waals surface area contributed by atoms with Crippen LogP contribution in [0.25, 0.3) is 0 Å². The topological polar surface area (TPSA) is 67.2 Å². The number of aryl methyl sites for hydroxylation is 3. The molecule has 4 rings (SSSR count). The predicted octanol–water partition coefficient (Wildman–Crippen LogP) is 3.86. The van der Waals surface area contributed by atoms with Crippen molar-refractivity contribution in [1.82, 2.24) is 20.1 Å². The van der Waals surface area contributed by atoms with E-state index in [4.69, 9.17) is 9.15 Å². The SMILES string of the molecule is Cc1cccc(CO[C@H]2C[C@@H](c3n[nH]c(C)n3)N(Cc3ccc(C)o3)C2)c1. The normalized spacial score (nSPS) is 20.4. The van der Waals surface area contributed by atoms with Crippen molar-refractivity contribution in [3.63, 3.8) is 0 Å². The van der Waals surface area contributed by atoms with Crippen LogP contribution in [0.15, 0.2) is 40.8 Å². The van der Waals surface area contributed by atoms with Gasteiger partial charge in [-0.05, 0) is 44.9 Å². The molecule has 1 fully saturated rings. The predicted molar refractivity (Wildman–Crippen MR) is 102 cm³/mol. The van der Waals surface area contributed by atoms with Crippen LogP contribution in [0.4, 0.5) is 0 Å². The van der Waals surface area contributed by atoms with Crippen LogP contribution in [-0.4, -0.2) is 32.7 Å². The molecule has 0 spiro atoms. The monoisotopic (exact) mass is 366 g/mol. The van der Waals surface area contributed by atoms with E-state index in [9.17, 15) is 0 Å². The molecule has 1 saturated heterocycles. The lowest BCUT2D eigenvalue weighted by Crippen LogP contribution is -2.25. The average Bonchev–Trinajstić information content (AvgIpc) is 3.34. The van der Waals surface area contributed by atoms with Gasteiger partial charge in [0, 0.05) is 6.54 Å². The van der Waals surface area contributed by atoms with Crippen molar-refractivity contribution in [2.24, 2.45) is 0 Å². The molecule has 2 atom stereocenters. The molecule has 142 valence electrons. The van der Waals surface area contributed by atoms with Gasteiger partial charge in [-0.25, -0.2) is 4.98 Å². The van der Waals surface area contributed by atoms with Crippen LogP contribution >= 0.6 is 0 Å². The molecule has 3 heterocycles. The molecule has 0 amide bonds. The number of aromatic nitrogens is 3. The molecule has 6 heteroatoms. The highest BCUT2D eigenvalue weighted by molar-refractivity contribution is 5.21. The van der Waals surface area contributed by atoms with E-state index < -0.39 is 0 Å². The number of H-pyrrole nitrogens is 1. The van der Waals surface area contributed by atoms with Crippen molar-refractivity contribution < 1.29 is 9.15 Å². The van der Waals surface area contributed by atoms with Crippen LogP contribution in [0, 0.1) is 20.8 Å². The number of furan rings is 1. The zero-order chi connectivity index (χ0) is 18.8. The van der Waals surface area contributed by atoms with E-state index in [0.29, 0.717) is 6.61 Å². The second-order valence-corrected chi connectivity index (χ2v) is 7.39. The molecular weight excluding hydrogens is 340 g/mol. The van der Waals surface area contributed by atoms with E-state index in [1.807, 2.05) is 26.0 Å². The summed E-state index contributed by atoms with van der Waals surface area (Å²) < 4.78 is 12.0. The van der Waals surface area contributed by atoms with E-state index >= 15 is 0 Å². The summed E-state index contributed by atoms with van der Waals surface area (Å²) >= 11 is 0. The molecular formula is C21H26N4O2. The van der Waals surface area contributed by atoms with Gasteiger partial charge in [-0.1, -0.05) is 29.8 Å². The molecule has 0 bridgehead atoms. The zero-order valence-electron chi connectivity index (χ0n) is 16.1. The van der Waals surface area contributed by atoms with Crippen molar-refractivity contribution in [3.8, 4) is 0 Å². The van der Waals surface area contributed by atoms with Gasteiger partial charge in [-0.15, -0.1) is 0 Å². The summed E-state index contributed by atoms with van der Waals surface area (Å²) in [5.74, 6) is 3.56. The summed E-state index contributed by atoms with van der Waals surface area (Å²) in [5.41, 5.74) is 2.46. The van der Waals surface area contributed by atoms with Crippen molar-refractivity contribution >= 4 is 0 Å². The van der Waals surface area contributed by atoms with Gasteiger partial charge in [0.15, 0.2) is 5.82 Å². The number of hydrogen-bond acceptors (Lipinski definition) is 5. The van der Waals surface area contributed by atoms with Crippen LogP contribution in [0.5, 0.6) is 0 Å². The van der Waals surface area contributed by atoms with Crippen molar-refractivity contribution in [3.05, 3.63) is 70.7 Å². The minimum Gasteiger partial charge on any atom is -0.465 e. The second kappa shape index (κ2) is 7.66. The first kappa shape index (κ1) is 17.9. The Labute approximate surface area is 159 Å². The van der Waals surface area contributed by atoms with Crippen LogP contribution in [0.1, 0.15) is 46.8 Å². The first-order valence-electron chi connectivity index (χ1n) is 9.42. The van der Waals surface area contributed by atoms with Gasteiger partial charge in [-0.2, -0.15) is 5.10 Å². The van der Waals surface area contributed by atoms with Crippen molar-refractivity contribution in [2.45, 2.75) is 52.5 Å². The number of nitrogens with one attached hydrogen (secondary N) is 1. The standard InChI is InChI=1S/C21H26N4O2/c1-14-5-4-6-17(9-14)13-26-19-10-20(21-22-16(3)23-24-21)25(12-19)11-18-8-7-15(2)27-18/h4-9,19-20H,10-13H2,1-3H3,(H,22,23,24)/t19-,20-/m0/s1. The highest BCUT2D eigenvalue weighted by Crippen LogP contribution is 2.33. The Morgan fingerprint density at radius 3 is 2.81 bits per heavy atom. The number of rotatable bonds is 6. The van der Waals surface area contributed by atoms with Gasteiger partial charge in [0.1, 0.15) is 17.3 Å². The molecule has 27 heavy (non-hydrogen) atoms. The van der Waals surface area contributed by atoms with Crippen molar-refractivity contribution in [1.29, 1.82) is 0 Å². The van der Waals surface area contributed by atoms with Crippen LogP contribution in [-0.2, 0) is 17.9 Å². The molecule has 0 unspecified atom stereocenters. The molecule has 2 aromatic heterocycles. The molecule has 1 aliphatic rings. The van der Waals surface area contributed by atoms with Gasteiger partial charge in [0.05, 0.1) is 25.3 Å². The van der Waals surface area contributed by atoms with E-state index in [1.165, 1.54) is 11.1 Å². The molecule has 1 aromatic carbocycles. The van der Waals surface area contributed by atoms with E-state index in [-0.39, 0.29) is 12.1 Å². The number of nitrogens with zero attached hydrogens (tertiary/aromatic N) is 3. The summed E-state index contributed by atoms with van der Waals surface area (Å²) in [5, 5.41) is 7.36. The van der Waals surface area contributed by atoms with Gasteiger partial charge >= 0.3 is 0 Å². The number of hydrogen-bond donors (Lipinski definition) is 1. The van der Waals surface area contributed by atoms with Gasteiger partial charge in [0.2, 0.25) is 0 Å². The van der Waals surface area contributed by atoms with Crippen LogP contribution in [0.2, 0.25) is 0 Å². The molecule has 3 aromatic rings. The van der Waals surface area contributed by atoms with Gasteiger partial charge < -0.3 is 9.15 Å². The third-order valence-electron chi connectivity index (χ3n) is 5.00. The fourth-order valence-corrected chi connectivity index (χ4v) is 3.72. The maximum absolute atomic E-state index is 6.24. The minimum absolute atomic E-state index is 0.128. The summed E-state index contributed by atoms with van der Waals surface area (Å²) in [6.45, 7) is 8.20. The van der Waals surface area contributed by atoms with Crippen molar-refractivity contribution in [2.75, 3.05) is 6.54 Å². The van der Waals surface area contributed by atoms with Crippen LogP contribution < -0.4 is 0 Å². The quantitative estimate of drug-likeness (QED) is 0.718. The summed E-state index contributed by atoms with van der Waals surface area (Å²) in [7, 11) is 0. The Hall–Kier alpha value is -2.44. The fraction of sp³-hybridized carbons (Fsp3) is 0.429. The molecule has 6 nitrogen and oxygen atoms in total. The smallest absolute Gasteiger partial charge is 0.167 e. The number of likely N-dealkylation sites (tertiary alicyclic amines) is 1. The zero-order valence-corrected chi connectivity index (χ0v) is 16.1. The second-order valence-electron chi connectivity index (χ2n) is 7.39. The first-order valence-corrected chi connectivity index (χ1v) is 9.42. The summed E-state index contributed by atoms with van der Waals surface area (Å²) in [4.78, 5) is 6.91. The van der Waals surface area contributed by atoms with Gasteiger partial charge in [-0.3, -0.25) is 10.00 Å². The first-order chi connectivity index (χ1) is 13.1. The van der Waals surface area contributed by atoms with E-state index in [1.54, 1.807) is 0 Å². The molecule has 0 saturated carbocycles. The lowest BCUT2D eigenvalue weighted by Gasteiger charge is -2.20. The molecule has 0 radical (unpaired) electrons. The highest BCUT2D eigenvalue weighted by Gasteiger charge is 2.36. The summed E-state index contributed by atoms with van der Waals surface area (Å²) in [6, 6.07) is 12.6. The molecule has 1 N–H and O–H groups in total. The number of benzene rings is 1. The lowest BCUT2D eigenvalue weighted by atomic mass is 10.1. The molecule has 1 aliphatic heterocycles. The van der Waals surface area contributed by atoms with Crippen LogP contribution in [0.3, 0.4) is 0 Å². The average molecular weight is 366 g/mol. The maximum Gasteiger partial charge on any atom is 0.167 e. The number of aromatic amines is 1. The highest BCUT2D eigenvalue weighted by atomic mass is 16.5. The maximum atomic E-state index is 6.24. The van der Waals surface area contributed by atoms with E-state index in [0.717, 1.165) is 42.7 Å². The molecule has 0 aliphatic carbocycles. The number of ether oxygens (including phenoxy) is 1. The Morgan fingerprint density at radius 2 is 2.11 bits per heavy atom. The third-order valence-corrected chi connectivity index (χ3v) is 5.00. The Kier molecular flexibility index (Phi) is 5.09. The minimum atomic E-state index is 0.128. The summed E-state index contributed by atoms with van der Waals surface area (Å²) in [6.07, 6.45) is 1.02. The largest absolute Gasteiger partial charge is 0.465 e. The Bertz CT molecular complexity index is 901. The Morgan fingerprint density at radius 1 is 1.22 bits per heavy atom. The van der Waals surface area contributed by atoms with E-state index in [2.05, 4.69) is 51.3 Å². The fourth-order valence-electron chi connectivity index (χ4n) is 3.72. The lowest BCUT2D eigenvalue weighted by molar-refractivity contribution is 0.0456.